The Kier molecular flexibility index (Phi) is 3.97. The van der Waals surface area contributed by atoms with Crippen molar-refractivity contribution in [1.29, 1.82) is 0 Å². The van der Waals surface area contributed by atoms with Crippen molar-refractivity contribution in [2.45, 2.75) is 24.9 Å². The molecule has 2 rings (SSSR count). The minimum absolute atomic E-state index is 0.225. The molecule has 0 bridgehead atoms. The van der Waals surface area contributed by atoms with Gasteiger partial charge in [0.15, 0.2) is 0 Å². The average molecular weight is 242 g/mol. The number of hydrogen-bond acceptors (Lipinski definition) is 0. The monoisotopic (exact) mass is 242 g/mol. The van der Waals surface area contributed by atoms with Crippen LogP contribution < -0.4 is 0 Å². The molecule has 0 aromatic heterocycles. The molecule has 1 atom stereocenters. The van der Waals surface area contributed by atoms with Gasteiger partial charge in [0.1, 0.15) is 0 Å². The van der Waals surface area contributed by atoms with Gasteiger partial charge in [-0.1, -0.05) is 67.6 Å². The Morgan fingerprint density at radius 2 is 1.12 bits per heavy atom. The van der Waals surface area contributed by atoms with Crippen molar-refractivity contribution in [1.82, 2.24) is 0 Å². The highest BCUT2D eigenvalue weighted by Gasteiger charge is 2.19. The molecule has 17 heavy (non-hydrogen) atoms. The Balaban J connectivity index is 2.04. The Morgan fingerprint density at radius 1 is 0.765 bits per heavy atom. The molecule has 88 valence electrons. The van der Waals surface area contributed by atoms with Crippen LogP contribution in [-0.2, 0) is 12.8 Å². The van der Waals surface area contributed by atoms with E-state index in [2.05, 4.69) is 76.8 Å². The molecule has 0 heterocycles. The molecule has 0 fully saturated rings. The summed E-state index contributed by atoms with van der Waals surface area (Å²) in [5.41, 5.74) is 2.81. The molecule has 0 amide bonds. The molecule has 2 aromatic rings. The molecule has 0 radical (unpaired) electrons. The van der Waals surface area contributed by atoms with Crippen molar-refractivity contribution in [2.75, 3.05) is 0 Å². The van der Waals surface area contributed by atoms with Crippen LogP contribution in [0.15, 0.2) is 60.7 Å². The molecule has 0 spiro atoms. The van der Waals surface area contributed by atoms with Gasteiger partial charge in [0.25, 0.3) is 0 Å². The summed E-state index contributed by atoms with van der Waals surface area (Å²) in [5.74, 6) is 0. The highest BCUT2D eigenvalue weighted by molar-refractivity contribution is 7.18. The molecule has 1 heteroatoms. The maximum atomic E-state index is 3.01. The van der Waals surface area contributed by atoms with Crippen LogP contribution in [0.2, 0.25) is 0 Å². The second-order valence-corrected chi connectivity index (χ2v) is 6.37. The van der Waals surface area contributed by atoms with E-state index in [9.17, 15) is 0 Å². The first-order valence-electron chi connectivity index (χ1n) is 6.02. The van der Waals surface area contributed by atoms with Crippen molar-refractivity contribution in [2.24, 2.45) is 0 Å². The molecule has 0 saturated carbocycles. The third-order valence-corrected chi connectivity index (χ3v) is 3.31. The van der Waals surface area contributed by atoms with Crippen molar-refractivity contribution in [3.63, 3.8) is 0 Å². The van der Waals surface area contributed by atoms with Gasteiger partial charge < -0.3 is 0 Å². The van der Waals surface area contributed by atoms with Gasteiger partial charge in [-0.3, -0.25) is 0 Å². The molecule has 0 aliphatic carbocycles. The predicted molar refractivity (Wildman–Crippen MR) is 78.4 cm³/mol. The fraction of sp³-hybridized carbons (Fsp3) is 0.250. The van der Waals surface area contributed by atoms with E-state index in [0.717, 1.165) is 12.8 Å². The van der Waals surface area contributed by atoms with Gasteiger partial charge in [-0.05, 0) is 29.1 Å². The summed E-state index contributed by atoms with van der Waals surface area (Å²) in [4.78, 5) is 0. The van der Waals surface area contributed by atoms with Crippen molar-refractivity contribution in [3.05, 3.63) is 71.8 Å². The van der Waals surface area contributed by atoms with E-state index >= 15 is 0 Å². The zero-order valence-electron chi connectivity index (χ0n) is 10.3. The fourth-order valence-corrected chi connectivity index (χ4v) is 2.66. The van der Waals surface area contributed by atoms with E-state index in [1.807, 2.05) is 0 Å². The summed E-state index contributed by atoms with van der Waals surface area (Å²) < 4.78 is 0. The highest BCUT2D eigenvalue weighted by atomic mass is 31.0. The summed E-state index contributed by atoms with van der Waals surface area (Å²) in [6.07, 6.45) is 2.18. The molecule has 0 nitrogen and oxygen atoms in total. The summed E-state index contributed by atoms with van der Waals surface area (Å²) in [5, 5.41) is 0.225. The molecule has 2 aromatic carbocycles. The van der Waals surface area contributed by atoms with Gasteiger partial charge in [-0.25, -0.2) is 0 Å². The molecular formula is C16H19P. The van der Waals surface area contributed by atoms with E-state index < -0.39 is 0 Å². The van der Waals surface area contributed by atoms with Crippen molar-refractivity contribution in [3.8, 4) is 0 Å². The number of benzene rings is 2. The van der Waals surface area contributed by atoms with Crippen LogP contribution in [0.5, 0.6) is 0 Å². The first kappa shape index (κ1) is 12.3. The fourth-order valence-electron chi connectivity index (χ4n) is 2.19. The van der Waals surface area contributed by atoms with Crippen LogP contribution >= 0.6 is 9.24 Å². The topological polar surface area (TPSA) is 0 Å². The van der Waals surface area contributed by atoms with Gasteiger partial charge in [0.2, 0.25) is 0 Å². The lowest BCUT2D eigenvalue weighted by atomic mass is 9.93. The molecule has 0 aliphatic rings. The van der Waals surface area contributed by atoms with Gasteiger partial charge in [0, 0.05) is 0 Å². The number of hydrogen-bond donors (Lipinski definition) is 0. The summed E-state index contributed by atoms with van der Waals surface area (Å²) in [6, 6.07) is 21.4. The second-order valence-electron chi connectivity index (χ2n) is 4.98. The Hall–Kier alpha value is -1.13. The quantitative estimate of drug-likeness (QED) is 0.708. The standard InChI is InChI=1S/C16H19P/c1-16(17,12-14-8-4-2-5-9-14)13-15-10-6-3-7-11-15/h2-11H,12-13,17H2,1H3. The summed E-state index contributed by atoms with van der Waals surface area (Å²) >= 11 is 0. The van der Waals surface area contributed by atoms with Crippen LogP contribution in [0, 0.1) is 0 Å². The summed E-state index contributed by atoms with van der Waals surface area (Å²) in [6.45, 7) is 2.30. The van der Waals surface area contributed by atoms with Crippen LogP contribution in [0.1, 0.15) is 18.1 Å². The first-order chi connectivity index (χ1) is 8.16. The maximum absolute atomic E-state index is 3.01. The number of rotatable bonds is 4. The van der Waals surface area contributed by atoms with E-state index in [0.29, 0.717) is 0 Å². The van der Waals surface area contributed by atoms with Crippen LogP contribution in [0.3, 0.4) is 0 Å². The second kappa shape index (κ2) is 5.47. The minimum Gasteiger partial charge on any atom is -0.131 e. The predicted octanol–water partition coefficient (Wildman–Crippen LogP) is 4.11. The Labute approximate surface area is 106 Å². The smallest absolute Gasteiger partial charge is 0.00978 e. The van der Waals surface area contributed by atoms with Crippen LogP contribution in [0.4, 0.5) is 0 Å². The minimum atomic E-state index is 0.225. The lowest BCUT2D eigenvalue weighted by molar-refractivity contribution is 0.635. The molecular weight excluding hydrogens is 223 g/mol. The lowest BCUT2D eigenvalue weighted by Gasteiger charge is -2.24. The van der Waals surface area contributed by atoms with E-state index in [1.54, 1.807) is 0 Å². The molecule has 0 N–H and O–H groups in total. The summed E-state index contributed by atoms with van der Waals surface area (Å²) in [7, 11) is 3.01. The van der Waals surface area contributed by atoms with E-state index in [-0.39, 0.29) is 5.16 Å². The highest BCUT2D eigenvalue weighted by Crippen LogP contribution is 2.27. The van der Waals surface area contributed by atoms with Crippen molar-refractivity contribution < 1.29 is 0 Å². The largest absolute Gasteiger partial charge is 0.131 e. The molecule has 0 saturated heterocycles. The SMILES string of the molecule is CC(P)(Cc1ccccc1)Cc1ccccc1. The van der Waals surface area contributed by atoms with Gasteiger partial charge >= 0.3 is 0 Å². The van der Waals surface area contributed by atoms with Gasteiger partial charge in [0.05, 0.1) is 0 Å². The van der Waals surface area contributed by atoms with Gasteiger partial charge in [-0.2, -0.15) is 0 Å². The third-order valence-electron chi connectivity index (χ3n) is 2.90. The van der Waals surface area contributed by atoms with E-state index in [1.165, 1.54) is 11.1 Å². The Morgan fingerprint density at radius 3 is 1.47 bits per heavy atom. The molecule has 1 unspecified atom stereocenters. The zero-order valence-corrected chi connectivity index (χ0v) is 11.4. The van der Waals surface area contributed by atoms with Crippen LogP contribution in [0.25, 0.3) is 0 Å². The van der Waals surface area contributed by atoms with E-state index in [4.69, 9.17) is 0 Å². The average Bonchev–Trinajstić information content (AvgIpc) is 2.30. The zero-order chi connectivity index (χ0) is 12.1. The maximum Gasteiger partial charge on any atom is -0.00978 e. The van der Waals surface area contributed by atoms with Crippen molar-refractivity contribution >= 4 is 9.24 Å². The lowest BCUT2D eigenvalue weighted by Crippen LogP contribution is -2.22. The van der Waals surface area contributed by atoms with Gasteiger partial charge in [-0.15, -0.1) is 9.24 Å². The normalized spacial score (nSPS) is 11.4. The third kappa shape index (κ3) is 3.98. The Bertz CT molecular complexity index is 402. The first-order valence-corrected chi connectivity index (χ1v) is 6.60. The van der Waals surface area contributed by atoms with Crippen LogP contribution in [-0.4, -0.2) is 5.16 Å². The molecule has 0 aliphatic heterocycles.